The summed E-state index contributed by atoms with van der Waals surface area (Å²) in [5.74, 6) is 0.346. The lowest BCUT2D eigenvalue weighted by Gasteiger charge is -2.16. The number of aromatic nitrogens is 2. The number of carbonyl (C=O) groups is 2. The maximum atomic E-state index is 12.6. The highest BCUT2D eigenvalue weighted by Gasteiger charge is 2.23. The van der Waals surface area contributed by atoms with Crippen LogP contribution in [0.4, 0.5) is 0 Å². The van der Waals surface area contributed by atoms with Crippen LogP contribution in [0.5, 0.6) is 5.75 Å². The van der Waals surface area contributed by atoms with Gasteiger partial charge in [0.2, 0.25) is 11.8 Å². The van der Waals surface area contributed by atoms with Gasteiger partial charge in [0.25, 0.3) is 0 Å². The molecule has 1 N–H and O–H groups in total. The van der Waals surface area contributed by atoms with Crippen LogP contribution in [0, 0.1) is 12.3 Å². The second-order valence-electron chi connectivity index (χ2n) is 10.5. The standard InChI is InChI=1S/C31H38N4O4/c1-8-21(2)35-20-32-28(22(35)3)29(34-23(4)33-27(36)18-24-12-10-9-11-13-24)38-19-25-14-16-26(17-15-25)39-30(37)31(5,6)7/h9-17,20-21H,4,8,18-19H2,1-3,5-7H3,(H,33,36)/b34-29+. The van der Waals surface area contributed by atoms with Crippen LogP contribution in [-0.2, 0) is 27.4 Å². The molecule has 1 unspecified atom stereocenters. The summed E-state index contributed by atoms with van der Waals surface area (Å²) >= 11 is 0. The third-order valence-corrected chi connectivity index (χ3v) is 6.16. The minimum Gasteiger partial charge on any atom is -0.471 e. The van der Waals surface area contributed by atoms with Crippen LogP contribution in [0.15, 0.2) is 78.3 Å². The van der Waals surface area contributed by atoms with Crippen LogP contribution >= 0.6 is 0 Å². The maximum Gasteiger partial charge on any atom is 0.316 e. The molecule has 0 aliphatic carbocycles. The number of amides is 1. The highest BCUT2D eigenvalue weighted by atomic mass is 16.5. The number of imidazole rings is 1. The summed E-state index contributed by atoms with van der Waals surface area (Å²) in [5.41, 5.74) is 2.61. The molecular weight excluding hydrogens is 492 g/mol. The second kappa shape index (κ2) is 13.0. The molecule has 0 bridgehead atoms. The fourth-order valence-corrected chi connectivity index (χ4v) is 3.63. The molecule has 1 heterocycles. The van der Waals surface area contributed by atoms with Gasteiger partial charge in [-0.15, -0.1) is 0 Å². The van der Waals surface area contributed by atoms with Crippen LogP contribution in [0.25, 0.3) is 0 Å². The zero-order valence-corrected chi connectivity index (χ0v) is 23.7. The molecule has 1 aromatic heterocycles. The summed E-state index contributed by atoms with van der Waals surface area (Å²) in [6.45, 7) is 15.7. The van der Waals surface area contributed by atoms with Gasteiger partial charge in [0.05, 0.1) is 18.2 Å². The topological polar surface area (TPSA) is 94.8 Å². The Bertz CT molecular complexity index is 1320. The predicted octanol–water partition coefficient (Wildman–Crippen LogP) is 5.91. The Hall–Kier alpha value is -4.20. The van der Waals surface area contributed by atoms with Gasteiger partial charge in [0.1, 0.15) is 23.9 Å². The quantitative estimate of drug-likeness (QED) is 0.152. The number of hydrogen-bond donors (Lipinski definition) is 1. The van der Waals surface area contributed by atoms with Crippen LogP contribution < -0.4 is 10.1 Å². The van der Waals surface area contributed by atoms with Gasteiger partial charge in [-0.1, -0.05) is 56.0 Å². The lowest BCUT2D eigenvalue weighted by molar-refractivity contribution is -0.143. The van der Waals surface area contributed by atoms with E-state index in [1.54, 1.807) is 39.2 Å². The molecule has 8 heteroatoms. The molecular formula is C31H38N4O4. The van der Waals surface area contributed by atoms with Crippen LogP contribution in [-0.4, -0.2) is 27.3 Å². The van der Waals surface area contributed by atoms with Crippen molar-refractivity contribution < 1.29 is 19.1 Å². The van der Waals surface area contributed by atoms with Crippen molar-refractivity contribution >= 4 is 17.8 Å². The number of aliphatic imine (C=N–C) groups is 1. The number of rotatable bonds is 10. The molecule has 8 nitrogen and oxygen atoms in total. The van der Waals surface area contributed by atoms with E-state index in [0.717, 1.165) is 23.2 Å². The number of ether oxygens (including phenoxy) is 2. The Morgan fingerprint density at radius 2 is 1.74 bits per heavy atom. The molecule has 3 rings (SSSR count). The monoisotopic (exact) mass is 530 g/mol. The normalized spacial score (nSPS) is 12.5. The van der Waals surface area contributed by atoms with Crippen molar-refractivity contribution in [2.75, 3.05) is 0 Å². The van der Waals surface area contributed by atoms with Gasteiger partial charge in [-0.05, 0) is 64.3 Å². The van der Waals surface area contributed by atoms with E-state index in [2.05, 4.69) is 40.3 Å². The first-order valence-corrected chi connectivity index (χ1v) is 13.1. The number of nitrogens with zero attached hydrogens (tertiary/aromatic N) is 3. The SMILES string of the molecule is C=C(/N=C(/OCc1ccc(OC(=O)C(C)(C)C)cc1)c1ncn(C(C)CC)c1C)NC(=O)Cc1ccccc1. The van der Waals surface area contributed by atoms with Crippen molar-refractivity contribution in [1.82, 2.24) is 14.9 Å². The molecule has 39 heavy (non-hydrogen) atoms. The second-order valence-corrected chi connectivity index (χ2v) is 10.5. The van der Waals surface area contributed by atoms with Gasteiger partial charge in [0.15, 0.2) is 0 Å². The zero-order valence-electron chi connectivity index (χ0n) is 23.7. The van der Waals surface area contributed by atoms with Crippen LogP contribution in [0.3, 0.4) is 0 Å². The fraction of sp³-hybridized carbons (Fsp3) is 0.355. The van der Waals surface area contributed by atoms with Gasteiger partial charge in [-0.2, -0.15) is 4.99 Å². The third-order valence-electron chi connectivity index (χ3n) is 6.16. The molecule has 0 saturated heterocycles. The molecule has 0 fully saturated rings. The number of esters is 1. The first kappa shape index (κ1) is 29.4. The average molecular weight is 531 g/mol. The summed E-state index contributed by atoms with van der Waals surface area (Å²) < 4.78 is 13.6. The van der Waals surface area contributed by atoms with E-state index in [1.165, 1.54) is 0 Å². The van der Waals surface area contributed by atoms with Gasteiger partial charge >= 0.3 is 5.97 Å². The predicted molar refractivity (Wildman–Crippen MR) is 152 cm³/mol. The third kappa shape index (κ3) is 8.40. The maximum absolute atomic E-state index is 12.6. The minimum atomic E-state index is -0.595. The molecule has 0 radical (unpaired) electrons. The highest BCUT2D eigenvalue weighted by Crippen LogP contribution is 2.21. The van der Waals surface area contributed by atoms with Crippen molar-refractivity contribution in [3.63, 3.8) is 0 Å². The Morgan fingerprint density at radius 3 is 2.36 bits per heavy atom. The molecule has 1 atom stereocenters. The zero-order chi connectivity index (χ0) is 28.6. The van der Waals surface area contributed by atoms with E-state index in [1.807, 2.05) is 49.4 Å². The van der Waals surface area contributed by atoms with Crippen molar-refractivity contribution in [2.24, 2.45) is 10.4 Å². The van der Waals surface area contributed by atoms with E-state index in [0.29, 0.717) is 11.4 Å². The summed E-state index contributed by atoms with van der Waals surface area (Å²) in [5, 5.41) is 2.74. The number of benzene rings is 2. The Labute approximate surface area is 230 Å². The van der Waals surface area contributed by atoms with Gasteiger partial charge < -0.3 is 19.4 Å². The number of carbonyl (C=O) groups excluding carboxylic acids is 2. The van der Waals surface area contributed by atoms with Crippen LogP contribution in [0.1, 0.15) is 69.6 Å². The van der Waals surface area contributed by atoms with Gasteiger partial charge in [0, 0.05) is 11.7 Å². The molecule has 206 valence electrons. The average Bonchev–Trinajstić information content (AvgIpc) is 3.27. The molecule has 0 saturated carbocycles. The molecule has 1 amide bonds. The first-order valence-electron chi connectivity index (χ1n) is 13.1. The van der Waals surface area contributed by atoms with Crippen LogP contribution in [0.2, 0.25) is 0 Å². The lowest BCUT2D eigenvalue weighted by Crippen LogP contribution is -2.25. The number of hydrogen-bond acceptors (Lipinski definition) is 6. The van der Waals surface area contributed by atoms with Gasteiger partial charge in [-0.3, -0.25) is 9.59 Å². The Balaban J connectivity index is 1.77. The highest BCUT2D eigenvalue weighted by molar-refractivity contribution is 5.94. The van der Waals surface area contributed by atoms with Crippen molar-refractivity contribution in [3.8, 4) is 5.75 Å². The Morgan fingerprint density at radius 1 is 1.08 bits per heavy atom. The number of nitrogens with one attached hydrogen (secondary N) is 1. The molecule has 0 aliphatic rings. The van der Waals surface area contributed by atoms with Crippen molar-refractivity contribution in [2.45, 2.75) is 67.0 Å². The van der Waals surface area contributed by atoms with Crippen molar-refractivity contribution in [1.29, 1.82) is 0 Å². The minimum absolute atomic E-state index is 0.160. The lowest BCUT2D eigenvalue weighted by atomic mass is 9.97. The summed E-state index contributed by atoms with van der Waals surface area (Å²) in [6.07, 6.45) is 2.92. The van der Waals surface area contributed by atoms with E-state index >= 15 is 0 Å². The fourth-order valence-electron chi connectivity index (χ4n) is 3.63. The molecule has 0 aliphatic heterocycles. The van der Waals surface area contributed by atoms with E-state index in [-0.39, 0.29) is 42.7 Å². The Kier molecular flexibility index (Phi) is 9.82. The van der Waals surface area contributed by atoms with Crippen molar-refractivity contribution in [3.05, 3.63) is 95.8 Å². The molecule has 2 aromatic carbocycles. The van der Waals surface area contributed by atoms with E-state index in [4.69, 9.17) is 9.47 Å². The molecule has 3 aromatic rings. The smallest absolute Gasteiger partial charge is 0.316 e. The summed E-state index contributed by atoms with van der Waals surface area (Å²) in [6, 6.07) is 16.8. The summed E-state index contributed by atoms with van der Waals surface area (Å²) in [7, 11) is 0. The van der Waals surface area contributed by atoms with E-state index in [9.17, 15) is 9.59 Å². The molecule has 0 spiro atoms. The largest absolute Gasteiger partial charge is 0.471 e. The van der Waals surface area contributed by atoms with E-state index < -0.39 is 5.41 Å². The van der Waals surface area contributed by atoms with Gasteiger partial charge in [-0.25, -0.2) is 4.98 Å². The summed E-state index contributed by atoms with van der Waals surface area (Å²) in [4.78, 5) is 33.8. The first-order chi connectivity index (χ1) is 18.5.